The number of hydrogen-bond acceptors (Lipinski definition) is 6. The van der Waals surface area contributed by atoms with Gasteiger partial charge in [-0.3, -0.25) is 9.59 Å². The molecule has 1 saturated heterocycles. The minimum atomic E-state index is -0.308. The van der Waals surface area contributed by atoms with E-state index in [-0.39, 0.29) is 23.2 Å². The maximum Gasteiger partial charge on any atom is 0.274 e. The smallest absolute Gasteiger partial charge is 0.274 e. The zero-order valence-electron chi connectivity index (χ0n) is 16.1. The van der Waals surface area contributed by atoms with Gasteiger partial charge in [-0.25, -0.2) is 15.1 Å². The minimum Gasteiger partial charge on any atom is -0.356 e. The van der Waals surface area contributed by atoms with Crippen molar-refractivity contribution in [2.75, 3.05) is 24.5 Å². The van der Waals surface area contributed by atoms with Gasteiger partial charge in [0.15, 0.2) is 0 Å². The first-order valence-corrected chi connectivity index (χ1v) is 9.42. The molecular weight excluding hydrogens is 344 g/mol. The Morgan fingerprint density at radius 1 is 1.26 bits per heavy atom. The molecule has 0 atom stereocenters. The summed E-state index contributed by atoms with van der Waals surface area (Å²) in [6, 6.07) is 5.00. The number of hydrogen-bond donors (Lipinski definition) is 1. The Labute approximate surface area is 158 Å². The number of H-pyrrole nitrogens is 1. The molecule has 0 aromatic carbocycles. The molecule has 27 heavy (non-hydrogen) atoms. The van der Waals surface area contributed by atoms with Gasteiger partial charge in [-0.2, -0.15) is 5.10 Å². The largest absolute Gasteiger partial charge is 0.356 e. The number of aromatic nitrogens is 4. The molecule has 0 unspecified atom stereocenters. The van der Waals surface area contributed by atoms with Crippen molar-refractivity contribution < 1.29 is 4.79 Å². The normalized spacial score (nSPS) is 15.0. The van der Waals surface area contributed by atoms with Crippen molar-refractivity contribution in [3.63, 3.8) is 0 Å². The predicted octanol–water partition coefficient (Wildman–Crippen LogP) is 1.70. The fourth-order valence-electron chi connectivity index (χ4n) is 3.57. The number of anilines is 1. The Bertz CT molecular complexity index is 817. The second-order valence-electron chi connectivity index (χ2n) is 6.94. The Kier molecular flexibility index (Phi) is 5.83. The molecule has 0 bridgehead atoms. The lowest BCUT2D eigenvalue weighted by molar-refractivity contribution is 0.0642. The van der Waals surface area contributed by atoms with Crippen LogP contribution in [0, 0.1) is 13.8 Å². The highest BCUT2D eigenvalue weighted by Gasteiger charge is 2.29. The molecule has 1 aliphatic heterocycles. The van der Waals surface area contributed by atoms with E-state index in [4.69, 9.17) is 0 Å². The van der Waals surface area contributed by atoms with Crippen molar-refractivity contribution in [1.29, 1.82) is 0 Å². The molecule has 2 aromatic heterocycles. The van der Waals surface area contributed by atoms with Crippen LogP contribution >= 0.6 is 0 Å². The lowest BCUT2D eigenvalue weighted by Gasteiger charge is -2.39. The zero-order chi connectivity index (χ0) is 19.4. The number of nitrogens with zero attached hydrogens (tertiary/aromatic N) is 5. The maximum absolute atomic E-state index is 12.9. The number of carbonyl (C=O) groups is 1. The second kappa shape index (κ2) is 8.28. The van der Waals surface area contributed by atoms with Crippen molar-refractivity contribution in [2.24, 2.45) is 0 Å². The quantitative estimate of drug-likeness (QED) is 0.861. The molecule has 144 valence electrons. The highest BCUT2D eigenvalue weighted by atomic mass is 16.2. The number of carbonyl (C=O) groups excluding carboxylic acids is 1. The summed E-state index contributed by atoms with van der Waals surface area (Å²) in [6.07, 6.45) is 2.62. The van der Waals surface area contributed by atoms with Gasteiger partial charge in [0, 0.05) is 43.5 Å². The van der Waals surface area contributed by atoms with Gasteiger partial charge >= 0.3 is 0 Å². The molecule has 1 N–H and O–H groups in total. The summed E-state index contributed by atoms with van der Waals surface area (Å²) < 4.78 is 0. The first kappa shape index (κ1) is 19.0. The van der Waals surface area contributed by atoms with Gasteiger partial charge in [0.1, 0.15) is 17.3 Å². The van der Waals surface area contributed by atoms with Crippen LogP contribution in [0.25, 0.3) is 0 Å². The topological polar surface area (TPSA) is 95.1 Å². The average Bonchev–Trinajstić information content (AvgIpc) is 2.65. The van der Waals surface area contributed by atoms with Crippen LogP contribution in [0.5, 0.6) is 0 Å². The lowest BCUT2D eigenvalue weighted by Crippen LogP contribution is -2.48. The van der Waals surface area contributed by atoms with Crippen LogP contribution in [0.15, 0.2) is 23.0 Å². The van der Waals surface area contributed by atoms with E-state index in [1.165, 1.54) is 12.1 Å². The van der Waals surface area contributed by atoms with Crippen molar-refractivity contribution in [3.8, 4) is 0 Å². The third kappa shape index (κ3) is 4.50. The predicted molar refractivity (Wildman–Crippen MR) is 103 cm³/mol. The van der Waals surface area contributed by atoms with E-state index >= 15 is 0 Å². The second-order valence-corrected chi connectivity index (χ2v) is 6.94. The standard InChI is InChI=1S/C19H26N6O2/c1-4-9-25(19(27)16-5-6-18(26)23-22-16)15-7-10-24(11-8-15)17-12-13(2)20-14(3)21-17/h5-6,12,15H,4,7-11H2,1-3H3,(H,23,26). The van der Waals surface area contributed by atoms with Crippen LogP contribution < -0.4 is 10.5 Å². The van der Waals surface area contributed by atoms with Gasteiger partial charge in [-0.15, -0.1) is 0 Å². The van der Waals surface area contributed by atoms with Gasteiger partial charge in [-0.05, 0) is 39.2 Å². The van der Waals surface area contributed by atoms with Crippen molar-refractivity contribution in [2.45, 2.75) is 46.1 Å². The van der Waals surface area contributed by atoms with Crippen molar-refractivity contribution in [3.05, 3.63) is 45.8 Å². The summed E-state index contributed by atoms with van der Waals surface area (Å²) in [5.41, 5.74) is 0.941. The van der Waals surface area contributed by atoms with Crippen LogP contribution in [0.2, 0.25) is 0 Å². The first-order valence-electron chi connectivity index (χ1n) is 9.42. The SMILES string of the molecule is CCCN(C(=O)c1ccc(=O)[nH]n1)C1CCN(c2cc(C)nc(C)n2)CC1. The first-order chi connectivity index (χ1) is 13.0. The molecule has 3 rings (SSSR count). The summed E-state index contributed by atoms with van der Waals surface area (Å²) in [5.74, 6) is 1.61. The number of aryl methyl sites for hydroxylation is 2. The maximum atomic E-state index is 12.9. The van der Waals surface area contributed by atoms with E-state index in [1.54, 1.807) is 0 Å². The molecule has 1 fully saturated rings. The molecule has 2 aromatic rings. The van der Waals surface area contributed by atoms with Gasteiger partial charge in [0.2, 0.25) is 0 Å². The summed E-state index contributed by atoms with van der Waals surface area (Å²) >= 11 is 0. The highest BCUT2D eigenvalue weighted by molar-refractivity contribution is 5.92. The van der Waals surface area contributed by atoms with Crippen LogP contribution in [0.1, 0.15) is 48.2 Å². The van der Waals surface area contributed by atoms with E-state index in [2.05, 4.69) is 32.0 Å². The molecule has 0 spiro atoms. The van der Waals surface area contributed by atoms with E-state index in [9.17, 15) is 9.59 Å². The summed E-state index contributed by atoms with van der Waals surface area (Å²) in [6.45, 7) is 8.30. The van der Waals surface area contributed by atoms with Crippen LogP contribution in [-0.2, 0) is 0 Å². The lowest BCUT2D eigenvalue weighted by atomic mass is 10.0. The third-order valence-corrected chi connectivity index (χ3v) is 4.81. The van der Waals surface area contributed by atoms with Crippen molar-refractivity contribution in [1.82, 2.24) is 25.1 Å². The monoisotopic (exact) mass is 370 g/mol. The highest BCUT2D eigenvalue weighted by Crippen LogP contribution is 2.23. The number of rotatable bonds is 5. The van der Waals surface area contributed by atoms with E-state index in [1.807, 2.05) is 24.8 Å². The molecule has 0 aliphatic carbocycles. The van der Waals surface area contributed by atoms with Gasteiger partial charge in [-0.1, -0.05) is 6.92 Å². The molecule has 8 nitrogen and oxygen atoms in total. The van der Waals surface area contributed by atoms with Crippen molar-refractivity contribution >= 4 is 11.7 Å². The average molecular weight is 370 g/mol. The number of piperidine rings is 1. The Balaban J connectivity index is 1.70. The number of nitrogens with one attached hydrogen (secondary N) is 1. The zero-order valence-corrected chi connectivity index (χ0v) is 16.1. The third-order valence-electron chi connectivity index (χ3n) is 4.81. The molecule has 8 heteroatoms. The Morgan fingerprint density at radius 2 is 2.00 bits per heavy atom. The van der Waals surface area contributed by atoms with Crippen LogP contribution in [0.4, 0.5) is 5.82 Å². The van der Waals surface area contributed by atoms with E-state index < -0.39 is 0 Å². The number of amides is 1. The fraction of sp³-hybridized carbons (Fsp3) is 0.526. The molecule has 0 radical (unpaired) electrons. The molecule has 1 aliphatic rings. The summed E-state index contributed by atoms with van der Waals surface area (Å²) in [7, 11) is 0. The van der Waals surface area contributed by atoms with Crippen LogP contribution in [-0.4, -0.2) is 56.6 Å². The van der Waals surface area contributed by atoms with E-state index in [0.717, 1.165) is 49.7 Å². The molecule has 0 saturated carbocycles. The molecule has 1 amide bonds. The molecular formula is C19H26N6O2. The van der Waals surface area contributed by atoms with Gasteiger partial charge in [0.25, 0.3) is 11.5 Å². The summed E-state index contributed by atoms with van der Waals surface area (Å²) in [4.78, 5) is 37.1. The fourth-order valence-corrected chi connectivity index (χ4v) is 3.57. The van der Waals surface area contributed by atoms with Gasteiger partial charge < -0.3 is 9.80 Å². The summed E-state index contributed by atoms with van der Waals surface area (Å²) in [5, 5.41) is 6.25. The number of aromatic amines is 1. The van der Waals surface area contributed by atoms with Crippen LogP contribution in [0.3, 0.4) is 0 Å². The van der Waals surface area contributed by atoms with Gasteiger partial charge in [0.05, 0.1) is 0 Å². The van der Waals surface area contributed by atoms with E-state index in [0.29, 0.717) is 6.54 Å². The Hall–Kier alpha value is -2.77. The minimum absolute atomic E-state index is 0.125. The Morgan fingerprint density at radius 3 is 2.59 bits per heavy atom. The molecule has 3 heterocycles.